The molecule has 1 aliphatic rings. The maximum absolute atomic E-state index is 8.66. The van der Waals surface area contributed by atoms with Crippen LogP contribution < -0.4 is 0 Å². The highest BCUT2D eigenvalue weighted by atomic mass is 16.7. The second-order valence-electron chi connectivity index (χ2n) is 4.45. The first-order chi connectivity index (χ1) is 7.33. The van der Waals surface area contributed by atoms with Crippen LogP contribution in [0, 0.1) is 5.92 Å². The molecule has 0 spiro atoms. The molecule has 0 saturated carbocycles. The predicted molar refractivity (Wildman–Crippen MR) is 59.6 cm³/mol. The Labute approximate surface area is 92.8 Å². The average molecular weight is 216 g/mol. The van der Waals surface area contributed by atoms with Crippen LogP contribution in [0.4, 0.5) is 0 Å². The van der Waals surface area contributed by atoms with E-state index in [1.54, 1.807) is 0 Å². The molecule has 1 saturated heterocycles. The summed E-state index contributed by atoms with van der Waals surface area (Å²) in [6, 6.07) is 0. The van der Waals surface area contributed by atoms with Crippen molar-refractivity contribution in [3.05, 3.63) is 0 Å². The monoisotopic (exact) mass is 216 g/mol. The lowest BCUT2D eigenvalue weighted by Gasteiger charge is -2.24. The summed E-state index contributed by atoms with van der Waals surface area (Å²) in [4.78, 5) is 0. The molecule has 15 heavy (non-hydrogen) atoms. The smallest absolute Gasteiger partial charge is 0.157 e. The van der Waals surface area contributed by atoms with Crippen LogP contribution in [-0.4, -0.2) is 31.2 Å². The van der Waals surface area contributed by atoms with Crippen LogP contribution in [0.25, 0.3) is 0 Å². The summed E-state index contributed by atoms with van der Waals surface area (Å²) in [7, 11) is 0. The van der Waals surface area contributed by atoms with Gasteiger partial charge in [-0.3, -0.25) is 0 Å². The van der Waals surface area contributed by atoms with Crippen LogP contribution in [-0.2, 0) is 9.47 Å². The van der Waals surface area contributed by atoms with Gasteiger partial charge in [0.15, 0.2) is 6.29 Å². The Hall–Kier alpha value is -0.120. The van der Waals surface area contributed by atoms with E-state index in [4.69, 9.17) is 14.6 Å². The molecule has 0 amide bonds. The fourth-order valence-electron chi connectivity index (χ4n) is 1.80. The summed E-state index contributed by atoms with van der Waals surface area (Å²) in [5.74, 6) is 0.571. The van der Waals surface area contributed by atoms with Crippen LogP contribution in [0.15, 0.2) is 0 Å². The van der Waals surface area contributed by atoms with E-state index < -0.39 is 0 Å². The Morgan fingerprint density at radius 1 is 1.40 bits per heavy atom. The number of unbranched alkanes of at least 4 members (excludes halogenated alkanes) is 1. The van der Waals surface area contributed by atoms with Gasteiger partial charge in [0.2, 0.25) is 0 Å². The summed E-state index contributed by atoms with van der Waals surface area (Å²) in [5, 5.41) is 8.66. The van der Waals surface area contributed by atoms with Gasteiger partial charge in [0.05, 0.1) is 6.61 Å². The minimum atomic E-state index is 0.0408. The molecule has 0 aromatic heterocycles. The average Bonchev–Trinajstić information content (AvgIpc) is 2.28. The molecule has 3 nitrogen and oxygen atoms in total. The minimum Gasteiger partial charge on any atom is -0.396 e. The Morgan fingerprint density at radius 2 is 2.27 bits per heavy atom. The van der Waals surface area contributed by atoms with Crippen molar-refractivity contribution >= 4 is 0 Å². The van der Waals surface area contributed by atoms with Gasteiger partial charge in [-0.25, -0.2) is 0 Å². The van der Waals surface area contributed by atoms with Gasteiger partial charge in [0.25, 0.3) is 0 Å². The second kappa shape index (κ2) is 8.08. The summed E-state index contributed by atoms with van der Waals surface area (Å²) >= 11 is 0. The van der Waals surface area contributed by atoms with Crippen molar-refractivity contribution in [3.8, 4) is 0 Å². The van der Waals surface area contributed by atoms with E-state index in [2.05, 4.69) is 6.92 Å². The van der Waals surface area contributed by atoms with Gasteiger partial charge < -0.3 is 14.6 Å². The normalized spacial score (nSPS) is 24.0. The standard InChI is InChI=1S/C12H24O3/c1-11(6-2-4-8-13)10-15-12-7-3-5-9-14-12/h11-13H,2-10H2,1H3. The molecule has 1 aliphatic heterocycles. The van der Waals surface area contributed by atoms with Gasteiger partial charge in [-0.1, -0.05) is 13.3 Å². The van der Waals surface area contributed by atoms with Gasteiger partial charge >= 0.3 is 0 Å². The van der Waals surface area contributed by atoms with Crippen molar-refractivity contribution in [1.82, 2.24) is 0 Å². The van der Waals surface area contributed by atoms with E-state index in [1.165, 1.54) is 12.8 Å². The van der Waals surface area contributed by atoms with Gasteiger partial charge in [-0.2, -0.15) is 0 Å². The molecule has 0 aromatic rings. The van der Waals surface area contributed by atoms with Crippen LogP contribution in [0.5, 0.6) is 0 Å². The van der Waals surface area contributed by atoms with Crippen LogP contribution in [0.3, 0.4) is 0 Å². The molecule has 0 aliphatic carbocycles. The molecule has 1 heterocycles. The van der Waals surface area contributed by atoms with Gasteiger partial charge in [0, 0.05) is 13.2 Å². The zero-order valence-electron chi connectivity index (χ0n) is 9.78. The Balaban J connectivity index is 1.97. The predicted octanol–water partition coefficient (Wildman–Crippen LogP) is 2.33. The van der Waals surface area contributed by atoms with Gasteiger partial charge in [-0.05, 0) is 38.0 Å². The first kappa shape index (κ1) is 12.9. The van der Waals surface area contributed by atoms with Crippen molar-refractivity contribution in [2.24, 2.45) is 5.92 Å². The highest BCUT2D eigenvalue weighted by Crippen LogP contribution is 2.16. The molecule has 0 aromatic carbocycles. The van der Waals surface area contributed by atoms with E-state index in [0.717, 1.165) is 38.9 Å². The van der Waals surface area contributed by atoms with Gasteiger partial charge in [-0.15, -0.1) is 0 Å². The van der Waals surface area contributed by atoms with Crippen molar-refractivity contribution in [3.63, 3.8) is 0 Å². The zero-order valence-corrected chi connectivity index (χ0v) is 9.78. The lowest BCUT2D eigenvalue weighted by Crippen LogP contribution is -2.24. The highest BCUT2D eigenvalue weighted by molar-refractivity contribution is 4.57. The molecule has 2 atom stereocenters. The van der Waals surface area contributed by atoms with Crippen molar-refractivity contribution in [1.29, 1.82) is 0 Å². The molecule has 0 radical (unpaired) electrons. The molecular weight excluding hydrogens is 192 g/mol. The molecule has 1 rings (SSSR count). The Bertz CT molecular complexity index is 144. The van der Waals surface area contributed by atoms with Crippen molar-refractivity contribution in [2.75, 3.05) is 19.8 Å². The van der Waals surface area contributed by atoms with E-state index in [9.17, 15) is 0 Å². The van der Waals surface area contributed by atoms with Crippen LogP contribution in [0.1, 0.15) is 45.4 Å². The van der Waals surface area contributed by atoms with Crippen molar-refractivity contribution < 1.29 is 14.6 Å². The molecule has 1 fully saturated rings. The third-order valence-corrected chi connectivity index (χ3v) is 2.81. The number of rotatable bonds is 7. The summed E-state index contributed by atoms with van der Waals surface area (Å²) < 4.78 is 11.2. The molecule has 3 heteroatoms. The fourth-order valence-corrected chi connectivity index (χ4v) is 1.80. The fraction of sp³-hybridized carbons (Fsp3) is 1.00. The van der Waals surface area contributed by atoms with E-state index in [-0.39, 0.29) is 6.29 Å². The second-order valence-corrected chi connectivity index (χ2v) is 4.45. The SMILES string of the molecule is CC(CCCCO)COC1CCCCO1. The number of hydrogen-bond acceptors (Lipinski definition) is 3. The Morgan fingerprint density at radius 3 is 2.93 bits per heavy atom. The maximum atomic E-state index is 8.66. The minimum absolute atomic E-state index is 0.0408. The summed E-state index contributed by atoms with van der Waals surface area (Å²) in [6.45, 7) is 4.14. The first-order valence-electron chi connectivity index (χ1n) is 6.17. The van der Waals surface area contributed by atoms with E-state index in [0.29, 0.717) is 12.5 Å². The topological polar surface area (TPSA) is 38.7 Å². The lowest BCUT2D eigenvalue weighted by molar-refractivity contribution is -0.168. The number of aliphatic hydroxyl groups excluding tert-OH is 1. The Kier molecular flexibility index (Phi) is 6.98. The van der Waals surface area contributed by atoms with Crippen LogP contribution >= 0.6 is 0 Å². The van der Waals surface area contributed by atoms with Crippen LogP contribution in [0.2, 0.25) is 0 Å². The number of hydrogen-bond donors (Lipinski definition) is 1. The van der Waals surface area contributed by atoms with E-state index in [1.807, 2.05) is 0 Å². The van der Waals surface area contributed by atoms with Gasteiger partial charge in [0.1, 0.15) is 0 Å². The van der Waals surface area contributed by atoms with Crippen molar-refractivity contribution in [2.45, 2.75) is 51.7 Å². The molecule has 90 valence electrons. The first-order valence-corrected chi connectivity index (χ1v) is 6.17. The number of ether oxygens (including phenoxy) is 2. The zero-order chi connectivity index (χ0) is 10.9. The quantitative estimate of drug-likeness (QED) is 0.664. The third kappa shape index (κ3) is 6.13. The summed E-state index contributed by atoms with van der Waals surface area (Å²) in [6.07, 6.45) is 6.61. The maximum Gasteiger partial charge on any atom is 0.157 e. The molecule has 1 N–H and O–H groups in total. The largest absolute Gasteiger partial charge is 0.396 e. The third-order valence-electron chi connectivity index (χ3n) is 2.81. The molecule has 2 unspecified atom stereocenters. The molecular formula is C12H24O3. The lowest BCUT2D eigenvalue weighted by atomic mass is 10.1. The van der Waals surface area contributed by atoms with E-state index >= 15 is 0 Å². The molecule has 0 bridgehead atoms. The summed E-state index contributed by atoms with van der Waals surface area (Å²) in [5.41, 5.74) is 0. The highest BCUT2D eigenvalue weighted by Gasteiger charge is 2.14. The number of aliphatic hydroxyl groups is 1.